The Morgan fingerprint density at radius 3 is 2.61 bits per heavy atom. The summed E-state index contributed by atoms with van der Waals surface area (Å²) in [7, 11) is 0. The number of rotatable bonds is 7. The Morgan fingerprint density at radius 2 is 1.92 bits per heavy atom. The Labute approximate surface area is 215 Å². The summed E-state index contributed by atoms with van der Waals surface area (Å²) in [6.45, 7) is 2.01. The van der Waals surface area contributed by atoms with Crippen molar-refractivity contribution in [2.45, 2.75) is 19.4 Å². The van der Waals surface area contributed by atoms with Crippen molar-refractivity contribution in [2.75, 3.05) is 26.3 Å². The molecule has 11 heteroatoms. The van der Waals surface area contributed by atoms with Gasteiger partial charge >= 0.3 is 0 Å². The maximum absolute atomic E-state index is 13.1. The predicted octanol–water partition coefficient (Wildman–Crippen LogP) is 3.35. The van der Waals surface area contributed by atoms with Crippen LogP contribution >= 0.6 is 22.9 Å². The Hall–Kier alpha value is -3.47. The molecular weight excluding hydrogens is 504 g/mol. The van der Waals surface area contributed by atoms with Crippen LogP contribution in [0.5, 0.6) is 0 Å². The van der Waals surface area contributed by atoms with E-state index in [9.17, 15) is 14.4 Å². The molecule has 0 aliphatic carbocycles. The molecule has 1 saturated heterocycles. The minimum atomic E-state index is -0.321. The third-order valence-corrected chi connectivity index (χ3v) is 7.25. The molecule has 1 aliphatic heterocycles. The van der Waals surface area contributed by atoms with Crippen molar-refractivity contribution in [2.24, 2.45) is 0 Å². The van der Waals surface area contributed by atoms with Crippen molar-refractivity contribution in [3.8, 4) is 11.3 Å². The number of amides is 1. The number of hydrogen-bond acceptors (Lipinski definition) is 7. The Balaban J connectivity index is 1.39. The molecular formula is C25H23ClN4O5S. The van der Waals surface area contributed by atoms with E-state index in [-0.39, 0.29) is 23.9 Å². The van der Waals surface area contributed by atoms with Crippen molar-refractivity contribution in [3.63, 3.8) is 0 Å². The first-order chi connectivity index (χ1) is 17.5. The number of pyridine rings is 1. The van der Waals surface area contributed by atoms with E-state index in [4.69, 9.17) is 20.8 Å². The molecule has 4 aromatic rings. The summed E-state index contributed by atoms with van der Waals surface area (Å²) in [5.41, 5.74) is 1.82. The van der Waals surface area contributed by atoms with Crippen molar-refractivity contribution >= 4 is 34.8 Å². The summed E-state index contributed by atoms with van der Waals surface area (Å²) in [6.07, 6.45) is 5.63. The topological polar surface area (TPSA) is 99.6 Å². The number of hydrogen-bond donors (Lipinski definition) is 0. The molecule has 5 rings (SSSR count). The normalized spacial score (nSPS) is 13.8. The number of carbonyl (C=O) groups is 2. The number of thiophene rings is 1. The molecule has 186 valence electrons. The fraction of sp³-hybridized carbons (Fsp3) is 0.280. The molecule has 0 atom stereocenters. The minimum absolute atomic E-state index is 0.0405. The van der Waals surface area contributed by atoms with Gasteiger partial charge in [0.2, 0.25) is 5.91 Å². The number of nitrogens with zero attached hydrogens (tertiary/aromatic N) is 4. The highest BCUT2D eigenvalue weighted by Crippen LogP contribution is 2.24. The molecule has 1 amide bonds. The molecule has 0 radical (unpaired) electrons. The highest BCUT2D eigenvalue weighted by atomic mass is 35.5. The highest BCUT2D eigenvalue weighted by molar-refractivity contribution is 7.16. The van der Waals surface area contributed by atoms with Crippen LogP contribution in [0.15, 0.2) is 64.3 Å². The minimum Gasteiger partial charge on any atom is -0.472 e. The number of halogens is 1. The first-order valence-corrected chi connectivity index (χ1v) is 12.6. The molecule has 4 aromatic heterocycles. The van der Waals surface area contributed by atoms with Crippen LogP contribution < -0.4 is 5.56 Å². The molecule has 0 spiro atoms. The van der Waals surface area contributed by atoms with Crippen LogP contribution in [0.25, 0.3) is 11.3 Å². The fourth-order valence-electron chi connectivity index (χ4n) is 4.02. The van der Waals surface area contributed by atoms with Gasteiger partial charge in [0.1, 0.15) is 12.8 Å². The highest BCUT2D eigenvalue weighted by Gasteiger charge is 2.20. The van der Waals surface area contributed by atoms with Gasteiger partial charge in [-0.1, -0.05) is 11.6 Å². The van der Waals surface area contributed by atoms with E-state index >= 15 is 0 Å². The molecule has 0 aromatic carbocycles. The lowest BCUT2D eigenvalue weighted by Gasteiger charge is -2.27. The number of morpholine rings is 1. The SMILES string of the molecule is O=C(Cn1ccc(-c2cc(CCc3ccc(Cl)s3)n(C(=O)c3ccoc3)n2)cc1=O)N1CCOCC1. The van der Waals surface area contributed by atoms with Crippen LogP contribution in [0.4, 0.5) is 0 Å². The summed E-state index contributed by atoms with van der Waals surface area (Å²) in [4.78, 5) is 41.2. The van der Waals surface area contributed by atoms with Gasteiger partial charge in [-0.15, -0.1) is 11.3 Å². The van der Waals surface area contributed by atoms with E-state index in [2.05, 4.69) is 5.10 Å². The van der Waals surface area contributed by atoms with E-state index in [0.717, 1.165) is 4.88 Å². The lowest BCUT2D eigenvalue weighted by molar-refractivity contribution is -0.135. The number of aryl methyl sites for hydroxylation is 2. The molecule has 9 nitrogen and oxygen atoms in total. The predicted molar refractivity (Wildman–Crippen MR) is 134 cm³/mol. The van der Waals surface area contributed by atoms with Crippen LogP contribution in [0.2, 0.25) is 4.34 Å². The van der Waals surface area contributed by atoms with E-state index < -0.39 is 0 Å². The lowest BCUT2D eigenvalue weighted by atomic mass is 10.1. The summed E-state index contributed by atoms with van der Waals surface area (Å²) >= 11 is 7.55. The van der Waals surface area contributed by atoms with Crippen LogP contribution in [-0.4, -0.2) is 57.4 Å². The number of carbonyl (C=O) groups excluding carboxylic acids is 2. The van der Waals surface area contributed by atoms with Crippen molar-refractivity contribution < 1.29 is 18.7 Å². The smallest absolute Gasteiger partial charge is 0.281 e. The lowest BCUT2D eigenvalue weighted by Crippen LogP contribution is -2.43. The zero-order chi connectivity index (χ0) is 25.1. The molecule has 0 saturated carbocycles. The first kappa shape index (κ1) is 24.2. The number of furan rings is 1. The maximum atomic E-state index is 13.1. The first-order valence-electron chi connectivity index (χ1n) is 11.4. The van der Waals surface area contributed by atoms with Gasteiger partial charge in [0, 0.05) is 41.5 Å². The van der Waals surface area contributed by atoms with Crippen molar-refractivity contribution in [1.82, 2.24) is 19.2 Å². The van der Waals surface area contributed by atoms with Gasteiger partial charge in [0.05, 0.1) is 35.1 Å². The molecule has 0 unspecified atom stereocenters. The van der Waals surface area contributed by atoms with E-state index in [0.29, 0.717) is 66.0 Å². The Bertz CT molecular complexity index is 1430. The quantitative estimate of drug-likeness (QED) is 0.366. The van der Waals surface area contributed by atoms with Crippen molar-refractivity contribution in [3.05, 3.63) is 85.9 Å². The van der Waals surface area contributed by atoms with E-state index in [1.54, 1.807) is 23.2 Å². The molecule has 36 heavy (non-hydrogen) atoms. The van der Waals surface area contributed by atoms with Crippen LogP contribution in [0.1, 0.15) is 20.9 Å². The Morgan fingerprint density at radius 1 is 1.08 bits per heavy atom. The zero-order valence-electron chi connectivity index (χ0n) is 19.3. The third-order valence-electron chi connectivity index (χ3n) is 5.96. The average molecular weight is 527 g/mol. The standard InChI is InChI=1S/C25H23ClN4O5S/c26-22-4-3-20(36-22)2-1-19-14-21(27-30(19)25(33)18-6-10-35-16-18)17-5-7-29(23(31)13-17)15-24(32)28-8-11-34-12-9-28/h3-7,10,13-14,16H,1-2,8-9,11-12,15H2. The average Bonchev–Trinajstić information content (AvgIpc) is 3.65. The molecule has 0 N–H and O–H groups in total. The second kappa shape index (κ2) is 10.7. The van der Waals surface area contributed by atoms with Gasteiger partial charge in [-0.2, -0.15) is 5.10 Å². The summed E-state index contributed by atoms with van der Waals surface area (Å²) in [5.74, 6) is -0.447. The zero-order valence-corrected chi connectivity index (χ0v) is 20.8. The monoisotopic (exact) mass is 526 g/mol. The van der Waals surface area contributed by atoms with Crippen LogP contribution in [0.3, 0.4) is 0 Å². The van der Waals surface area contributed by atoms with Crippen LogP contribution in [-0.2, 0) is 28.9 Å². The van der Waals surface area contributed by atoms with Gasteiger partial charge in [0.25, 0.3) is 11.5 Å². The van der Waals surface area contributed by atoms with Gasteiger partial charge in [-0.3, -0.25) is 14.4 Å². The summed E-state index contributed by atoms with van der Waals surface area (Å²) in [6, 6.07) is 10.4. The number of aromatic nitrogens is 3. The molecule has 1 fully saturated rings. The summed E-state index contributed by atoms with van der Waals surface area (Å²) < 4.78 is 13.8. The summed E-state index contributed by atoms with van der Waals surface area (Å²) in [5, 5.41) is 4.52. The van der Waals surface area contributed by atoms with E-state index in [1.807, 2.05) is 18.2 Å². The van der Waals surface area contributed by atoms with Gasteiger partial charge in [-0.05, 0) is 43.2 Å². The van der Waals surface area contributed by atoms with E-state index in [1.165, 1.54) is 39.2 Å². The van der Waals surface area contributed by atoms with Gasteiger partial charge < -0.3 is 18.6 Å². The second-order valence-electron chi connectivity index (χ2n) is 8.33. The van der Waals surface area contributed by atoms with Crippen molar-refractivity contribution in [1.29, 1.82) is 0 Å². The fourth-order valence-corrected chi connectivity index (χ4v) is 5.10. The third kappa shape index (κ3) is 5.35. The second-order valence-corrected chi connectivity index (χ2v) is 10.1. The van der Waals surface area contributed by atoms with Gasteiger partial charge in [-0.25, -0.2) is 4.68 Å². The Kier molecular flexibility index (Phi) is 7.17. The molecule has 5 heterocycles. The molecule has 1 aliphatic rings. The number of ether oxygens (including phenoxy) is 1. The maximum Gasteiger partial charge on any atom is 0.281 e. The van der Waals surface area contributed by atoms with Crippen LogP contribution in [0, 0.1) is 0 Å². The largest absolute Gasteiger partial charge is 0.472 e. The van der Waals surface area contributed by atoms with Gasteiger partial charge in [0.15, 0.2) is 0 Å². The molecule has 0 bridgehead atoms.